The highest BCUT2D eigenvalue weighted by Gasteiger charge is 2.31. The summed E-state index contributed by atoms with van der Waals surface area (Å²) < 4.78 is 37.5. The number of aliphatic carboxylic acids is 1. The van der Waals surface area contributed by atoms with Crippen molar-refractivity contribution in [1.29, 1.82) is 0 Å². The Morgan fingerprint density at radius 1 is 1.20 bits per heavy atom. The molecule has 0 aliphatic carbocycles. The number of aryl methyl sites for hydroxylation is 3. The van der Waals surface area contributed by atoms with Gasteiger partial charge in [-0.2, -0.15) is 13.2 Å². The number of carbonyl (C=O) groups is 1. The van der Waals surface area contributed by atoms with Crippen LogP contribution < -0.4 is 0 Å². The van der Waals surface area contributed by atoms with Gasteiger partial charge in [0.1, 0.15) is 0 Å². The molecule has 0 saturated carbocycles. The van der Waals surface area contributed by atoms with Gasteiger partial charge in [0.05, 0.1) is 13.1 Å². The number of nitrogens with zero attached hydrogens (tertiary/aromatic N) is 1. The first-order valence-corrected chi connectivity index (χ1v) is 6.16. The lowest BCUT2D eigenvalue weighted by Crippen LogP contribution is -2.37. The summed E-state index contributed by atoms with van der Waals surface area (Å²) in [6, 6.07) is 3.77. The van der Waals surface area contributed by atoms with Crippen LogP contribution in [0, 0.1) is 20.8 Å². The zero-order chi connectivity index (χ0) is 15.5. The quantitative estimate of drug-likeness (QED) is 0.905. The molecule has 0 amide bonds. The van der Waals surface area contributed by atoms with E-state index in [2.05, 4.69) is 0 Å². The van der Waals surface area contributed by atoms with Crippen molar-refractivity contribution in [2.45, 2.75) is 33.5 Å². The zero-order valence-corrected chi connectivity index (χ0v) is 11.7. The van der Waals surface area contributed by atoms with Crippen LogP contribution in [0.3, 0.4) is 0 Å². The topological polar surface area (TPSA) is 40.5 Å². The van der Waals surface area contributed by atoms with E-state index in [9.17, 15) is 18.0 Å². The Kier molecular flexibility index (Phi) is 5.16. The van der Waals surface area contributed by atoms with Crippen molar-refractivity contribution in [1.82, 2.24) is 4.90 Å². The number of carboxylic acids is 1. The maximum atomic E-state index is 12.5. The lowest BCUT2D eigenvalue weighted by atomic mass is 9.99. The average molecular weight is 289 g/mol. The standard InChI is InChI=1S/C14H18F3NO2/c1-9-4-10(2)12(11(3)5-9)6-18(7-13(19)20)8-14(15,16)17/h4-5H,6-8H2,1-3H3,(H,19,20). The molecule has 1 aromatic rings. The van der Waals surface area contributed by atoms with Crippen molar-refractivity contribution in [2.24, 2.45) is 0 Å². The second-order valence-corrected chi connectivity index (χ2v) is 5.03. The van der Waals surface area contributed by atoms with Gasteiger partial charge in [0.15, 0.2) is 0 Å². The molecule has 1 rings (SSSR count). The molecule has 0 aliphatic heterocycles. The van der Waals surface area contributed by atoms with Crippen LogP contribution in [0.25, 0.3) is 0 Å². The molecule has 112 valence electrons. The number of hydrogen-bond donors (Lipinski definition) is 1. The van der Waals surface area contributed by atoms with Crippen LogP contribution in [0.2, 0.25) is 0 Å². The van der Waals surface area contributed by atoms with E-state index < -0.39 is 25.2 Å². The van der Waals surface area contributed by atoms with Crippen molar-refractivity contribution in [3.8, 4) is 0 Å². The van der Waals surface area contributed by atoms with Crippen LogP contribution >= 0.6 is 0 Å². The van der Waals surface area contributed by atoms with Gasteiger partial charge in [-0.15, -0.1) is 0 Å². The summed E-state index contributed by atoms with van der Waals surface area (Å²) in [5.74, 6) is -1.27. The molecule has 1 aromatic carbocycles. The van der Waals surface area contributed by atoms with Gasteiger partial charge in [-0.3, -0.25) is 9.69 Å². The van der Waals surface area contributed by atoms with Crippen LogP contribution in [-0.2, 0) is 11.3 Å². The Labute approximate surface area is 116 Å². The molecule has 1 N–H and O–H groups in total. The largest absolute Gasteiger partial charge is 0.480 e. The third-order valence-electron chi connectivity index (χ3n) is 2.98. The third kappa shape index (κ3) is 5.21. The Bertz CT molecular complexity index is 475. The fourth-order valence-electron chi connectivity index (χ4n) is 2.30. The number of alkyl halides is 3. The molecule has 0 spiro atoms. The van der Waals surface area contributed by atoms with Crippen LogP contribution in [0.4, 0.5) is 13.2 Å². The molecule has 3 nitrogen and oxygen atoms in total. The molecule has 0 saturated heterocycles. The molecule has 0 bridgehead atoms. The maximum absolute atomic E-state index is 12.5. The minimum atomic E-state index is -4.41. The van der Waals surface area contributed by atoms with Gasteiger partial charge >= 0.3 is 12.1 Å². The Morgan fingerprint density at radius 2 is 1.70 bits per heavy atom. The molecule has 0 heterocycles. The lowest BCUT2D eigenvalue weighted by Gasteiger charge is -2.24. The summed E-state index contributed by atoms with van der Waals surface area (Å²) in [4.78, 5) is 11.6. The summed E-state index contributed by atoms with van der Waals surface area (Å²) in [7, 11) is 0. The molecular formula is C14H18F3NO2. The molecular weight excluding hydrogens is 271 g/mol. The van der Waals surface area contributed by atoms with Gasteiger partial charge in [0.2, 0.25) is 0 Å². The zero-order valence-electron chi connectivity index (χ0n) is 11.7. The van der Waals surface area contributed by atoms with E-state index in [4.69, 9.17) is 5.11 Å². The molecule has 20 heavy (non-hydrogen) atoms. The van der Waals surface area contributed by atoms with E-state index in [1.54, 1.807) is 0 Å². The number of carboxylic acid groups (broad SMARTS) is 1. The summed E-state index contributed by atoms with van der Waals surface area (Å²) >= 11 is 0. The van der Waals surface area contributed by atoms with Crippen molar-refractivity contribution >= 4 is 5.97 Å². The predicted molar refractivity (Wildman–Crippen MR) is 69.6 cm³/mol. The first-order chi connectivity index (χ1) is 9.08. The highest BCUT2D eigenvalue weighted by atomic mass is 19.4. The smallest absolute Gasteiger partial charge is 0.401 e. The van der Waals surface area contributed by atoms with E-state index >= 15 is 0 Å². The monoisotopic (exact) mass is 289 g/mol. The molecule has 6 heteroatoms. The van der Waals surface area contributed by atoms with E-state index in [0.717, 1.165) is 27.2 Å². The minimum absolute atomic E-state index is 0.0241. The van der Waals surface area contributed by atoms with E-state index in [1.165, 1.54) is 0 Å². The van der Waals surface area contributed by atoms with Gasteiger partial charge in [0.25, 0.3) is 0 Å². The molecule has 0 atom stereocenters. The summed E-state index contributed by atoms with van der Waals surface area (Å²) in [6.07, 6.45) is -4.41. The van der Waals surface area contributed by atoms with Crippen molar-refractivity contribution in [2.75, 3.05) is 13.1 Å². The summed E-state index contributed by atoms with van der Waals surface area (Å²) in [5.41, 5.74) is 3.53. The molecule has 0 aliphatic rings. The lowest BCUT2D eigenvalue weighted by molar-refractivity contribution is -0.154. The predicted octanol–water partition coefficient (Wildman–Crippen LogP) is 3.06. The highest BCUT2D eigenvalue weighted by Crippen LogP contribution is 2.22. The number of halogens is 3. The molecule has 0 aromatic heterocycles. The number of benzene rings is 1. The van der Waals surface area contributed by atoms with Crippen molar-refractivity contribution in [3.63, 3.8) is 0 Å². The summed E-state index contributed by atoms with van der Waals surface area (Å²) in [5, 5.41) is 8.73. The highest BCUT2D eigenvalue weighted by molar-refractivity contribution is 5.69. The van der Waals surface area contributed by atoms with Crippen molar-refractivity contribution in [3.05, 3.63) is 34.4 Å². The van der Waals surface area contributed by atoms with Crippen LogP contribution in [-0.4, -0.2) is 35.2 Å². The Hall–Kier alpha value is -1.56. The average Bonchev–Trinajstić information content (AvgIpc) is 2.19. The van der Waals surface area contributed by atoms with Gasteiger partial charge in [-0.25, -0.2) is 0 Å². The Morgan fingerprint density at radius 3 is 2.10 bits per heavy atom. The second-order valence-electron chi connectivity index (χ2n) is 5.03. The number of rotatable bonds is 5. The van der Waals surface area contributed by atoms with Gasteiger partial charge in [0, 0.05) is 6.54 Å². The third-order valence-corrected chi connectivity index (χ3v) is 2.98. The van der Waals surface area contributed by atoms with Crippen LogP contribution in [0.5, 0.6) is 0 Å². The maximum Gasteiger partial charge on any atom is 0.401 e. The molecule has 0 fully saturated rings. The molecule has 0 unspecified atom stereocenters. The van der Waals surface area contributed by atoms with Crippen LogP contribution in [0.1, 0.15) is 22.3 Å². The first-order valence-electron chi connectivity index (χ1n) is 6.16. The number of hydrogen-bond acceptors (Lipinski definition) is 2. The summed E-state index contributed by atoms with van der Waals surface area (Å²) in [6.45, 7) is 3.67. The first kappa shape index (κ1) is 16.5. The van der Waals surface area contributed by atoms with E-state index in [1.807, 2.05) is 32.9 Å². The normalized spacial score (nSPS) is 11.9. The van der Waals surface area contributed by atoms with Gasteiger partial charge in [-0.05, 0) is 37.5 Å². The van der Waals surface area contributed by atoms with E-state index in [-0.39, 0.29) is 6.54 Å². The van der Waals surface area contributed by atoms with Gasteiger partial charge in [-0.1, -0.05) is 17.7 Å². The molecule has 0 radical (unpaired) electrons. The fourth-order valence-corrected chi connectivity index (χ4v) is 2.30. The van der Waals surface area contributed by atoms with Crippen LogP contribution in [0.15, 0.2) is 12.1 Å². The SMILES string of the molecule is Cc1cc(C)c(CN(CC(=O)O)CC(F)(F)F)c(C)c1. The minimum Gasteiger partial charge on any atom is -0.480 e. The van der Waals surface area contributed by atoms with Crippen molar-refractivity contribution < 1.29 is 23.1 Å². The second kappa shape index (κ2) is 6.26. The van der Waals surface area contributed by atoms with Gasteiger partial charge < -0.3 is 5.11 Å². The Balaban J connectivity index is 2.97. The fraction of sp³-hybridized carbons (Fsp3) is 0.500. The van der Waals surface area contributed by atoms with E-state index in [0.29, 0.717) is 0 Å².